The Morgan fingerprint density at radius 3 is 2.59 bits per heavy atom. The van der Waals surface area contributed by atoms with Gasteiger partial charge in [0.15, 0.2) is 5.43 Å². The molecule has 1 amide bonds. The highest BCUT2D eigenvalue weighted by molar-refractivity contribution is 5.99. The van der Waals surface area contributed by atoms with Crippen molar-refractivity contribution >= 4 is 16.9 Å². The number of aromatic nitrogens is 1. The predicted molar refractivity (Wildman–Crippen MR) is 104 cm³/mol. The van der Waals surface area contributed by atoms with Gasteiger partial charge in [-0.1, -0.05) is 26.3 Å². The van der Waals surface area contributed by atoms with Crippen molar-refractivity contribution in [3.05, 3.63) is 75.4 Å². The second-order valence-corrected chi connectivity index (χ2v) is 6.89. The van der Waals surface area contributed by atoms with Gasteiger partial charge in [-0.05, 0) is 48.2 Å². The lowest BCUT2D eigenvalue weighted by atomic mass is 9.98. The van der Waals surface area contributed by atoms with Gasteiger partial charge in [0.05, 0.1) is 17.0 Å². The average Bonchev–Trinajstić information content (AvgIpc) is 2.99. The van der Waals surface area contributed by atoms with Crippen molar-refractivity contribution < 1.29 is 9.21 Å². The zero-order chi connectivity index (χ0) is 19.0. The number of hydrogen-bond donors (Lipinski definition) is 0. The van der Waals surface area contributed by atoms with Crippen LogP contribution in [0.4, 0.5) is 0 Å². The maximum absolute atomic E-state index is 13.4. The SMILES string of the molecule is CCCCN1C(=O)c2oc3ccc(CC)cc3c(=O)c2C1c1ccncc1. The summed E-state index contributed by atoms with van der Waals surface area (Å²) in [4.78, 5) is 32.3. The molecule has 0 bridgehead atoms. The highest BCUT2D eigenvalue weighted by Crippen LogP contribution is 2.38. The van der Waals surface area contributed by atoms with E-state index < -0.39 is 6.04 Å². The van der Waals surface area contributed by atoms with Crippen LogP contribution in [0.15, 0.2) is 51.9 Å². The first-order chi connectivity index (χ1) is 13.2. The van der Waals surface area contributed by atoms with E-state index in [1.54, 1.807) is 23.4 Å². The highest BCUT2D eigenvalue weighted by Gasteiger charge is 2.42. The molecule has 5 nitrogen and oxygen atoms in total. The minimum absolute atomic E-state index is 0.115. The van der Waals surface area contributed by atoms with Crippen molar-refractivity contribution in [2.45, 2.75) is 39.2 Å². The number of rotatable bonds is 5. The van der Waals surface area contributed by atoms with Crippen LogP contribution < -0.4 is 5.43 Å². The molecule has 0 spiro atoms. The second-order valence-electron chi connectivity index (χ2n) is 6.89. The number of hydrogen-bond acceptors (Lipinski definition) is 4. The van der Waals surface area contributed by atoms with Crippen molar-refractivity contribution in [2.24, 2.45) is 0 Å². The largest absolute Gasteiger partial charge is 0.450 e. The quantitative estimate of drug-likeness (QED) is 0.686. The van der Waals surface area contributed by atoms with E-state index in [0.29, 0.717) is 23.1 Å². The van der Waals surface area contributed by atoms with Gasteiger partial charge in [-0.3, -0.25) is 14.6 Å². The summed E-state index contributed by atoms with van der Waals surface area (Å²) in [6, 6.07) is 8.90. The summed E-state index contributed by atoms with van der Waals surface area (Å²) in [5.41, 5.74) is 2.75. The molecular weight excluding hydrogens is 340 g/mol. The fraction of sp³-hybridized carbons (Fsp3) is 0.318. The van der Waals surface area contributed by atoms with E-state index >= 15 is 0 Å². The van der Waals surface area contributed by atoms with Crippen LogP contribution in [0.25, 0.3) is 11.0 Å². The van der Waals surface area contributed by atoms with Gasteiger partial charge in [-0.15, -0.1) is 0 Å². The molecule has 1 unspecified atom stereocenters. The molecule has 1 aliphatic heterocycles. The number of unbranched alkanes of at least 4 members (excludes halogenated alkanes) is 1. The lowest BCUT2D eigenvalue weighted by Crippen LogP contribution is -2.30. The molecule has 27 heavy (non-hydrogen) atoms. The van der Waals surface area contributed by atoms with Gasteiger partial charge < -0.3 is 9.32 Å². The molecule has 1 aromatic carbocycles. The van der Waals surface area contributed by atoms with E-state index in [1.165, 1.54) is 0 Å². The highest BCUT2D eigenvalue weighted by atomic mass is 16.3. The van der Waals surface area contributed by atoms with Gasteiger partial charge in [0.1, 0.15) is 5.58 Å². The van der Waals surface area contributed by atoms with Crippen LogP contribution in [-0.4, -0.2) is 22.3 Å². The fourth-order valence-electron chi connectivity index (χ4n) is 3.74. The van der Waals surface area contributed by atoms with Crippen molar-refractivity contribution in [2.75, 3.05) is 6.54 Å². The van der Waals surface area contributed by atoms with Crippen molar-refractivity contribution in [3.63, 3.8) is 0 Å². The Labute approximate surface area is 157 Å². The van der Waals surface area contributed by atoms with Crippen molar-refractivity contribution in [1.82, 2.24) is 9.88 Å². The predicted octanol–water partition coefficient (Wildman–Crippen LogP) is 4.10. The summed E-state index contributed by atoms with van der Waals surface area (Å²) in [6.45, 7) is 4.72. The molecule has 2 aromatic heterocycles. The summed E-state index contributed by atoms with van der Waals surface area (Å²) >= 11 is 0. The minimum atomic E-state index is -0.423. The smallest absolute Gasteiger partial charge is 0.290 e. The van der Waals surface area contributed by atoms with E-state index in [-0.39, 0.29) is 17.1 Å². The number of carbonyl (C=O) groups excluding carboxylic acids is 1. The molecule has 3 aromatic rings. The van der Waals surface area contributed by atoms with E-state index in [2.05, 4.69) is 11.9 Å². The molecule has 4 rings (SSSR count). The number of carbonyl (C=O) groups is 1. The number of nitrogens with zero attached hydrogens (tertiary/aromatic N) is 2. The molecule has 3 heterocycles. The Balaban J connectivity index is 1.97. The van der Waals surface area contributed by atoms with Crippen LogP contribution >= 0.6 is 0 Å². The molecule has 138 valence electrons. The zero-order valence-corrected chi connectivity index (χ0v) is 15.6. The number of benzene rings is 1. The molecule has 0 radical (unpaired) electrons. The first-order valence-electron chi connectivity index (χ1n) is 9.46. The van der Waals surface area contributed by atoms with Crippen LogP contribution in [-0.2, 0) is 6.42 Å². The Bertz CT molecular complexity index is 1060. The van der Waals surface area contributed by atoms with Crippen molar-refractivity contribution in [1.29, 1.82) is 0 Å². The number of fused-ring (bicyclic) bond motifs is 2. The van der Waals surface area contributed by atoms with Gasteiger partial charge >= 0.3 is 0 Å². The monoisotopic (exact) mass is 362 g/mol. The van der Waals surface area contributed by atoms with Gasteiger partial charge in [0.2, 0.25) is 5.76 Å². The average molecular weight is 362 g/mol. The maximum Gasteiger partial charge on any atom is 0.290 e. The van der Waals surface area contributed by atoms with Crippen LogP contribution in [0.1, 0.15) is 60.0 Å². The first kappa shape index (κ1) is 17.5. The molecule has 0 fully saturated rings. The number of amides is 1. The Hall–Kier alpha value is -2.95. The number of aryl methyl sites for hydroxylation is 1. The summed E-state index contributed by atoms with van der Waals surface area (Å²) in [7, 11) is 0. The normalized spacial score (nSPS) is 16.1. The lowest BCUT2D eigenvalue weighted by molar-refractivity contribution is 0.0725. The Morgan fingerprint density at radius 1 is 1.11 bits per heavy atom. The second kappa shape index (κ2) is 6.99. The van der Waals surface area contributed by atoms with Crippen molar-refractivity contribution in [3.8, 4) is 0 Å². The topological polar surface area (TPSA) is 63.4 Å². The number of pyridine rings is 1. The van der Waals surface area contributed by atoms with Gasteiger partial charge in [0, 0.05) is 18.9 Å². The third-order valence-corrected chi connectivity index (χ3v) is 5.21. The molecule has 1 atom stereocenters. The molecule has 0 aliphatic carbocycles. The molecule has 0 saturated carbocycles. The summed E-state index contributed by atoms with van der Waals surface area (Å²) in [6.07, 6.45) is 6.05. The third-order valence-electron chi connectivity index (χ3n) is 5.21. The molecular formula is C22H22N2O3. The van der Waals surface area contributed by atoms with E-state index in [4.69, 9.17) is 4.42 Å². The molecule has 1 aliphatic rings. The maximum atomic E-state index is 13.4. The van der Waals surface area contributed by atoms with Gasteiger partial charge in [0.25, 0.3) is 5.91 Å². The van der Waals surface area contributed by atoms with Gasteiger partial charge in [-0.2, -0.15) is 0 Å². The van der Waals surface area contributed by atoms with E-state index in [0.717, 1.165) is 30.4 Å². The third kappa shape index (κ3) is 2.83. The zero-order valence-electron chi connectivity index (χ0n) is 15.6. The molecule has 0 saturated heterocycles. The fourth-order valence-corrected chi connectivity index (χ4v) is 3.74. The standard InChI is InChI=1S/C22H22N2O3/c1-3-5-12-24-19(15-8-10-23-11-9-15)18-20(25)16-13-14(4-2)6-7-17(16)27-21(18)22(24)26/h6-11,13,19H,3-5,12H2,1-2H3. The van der Waals surface area contributed by atoms with Gasteiger partial charge in [-0.25, -0.2) is 0 Å². The summed E-state index contributed by atoms with van der Waals surface area (Å²) < 4.78 is 5.95. The molecule has 0 N–H and O–H groups in total. The van der Waals surface area contributed by atoms with Crippen LogP contribution in [0, 0.1) is 0 Å². The van der Waals surface area contributed by atoms with Crippen LogP contribution in [0.3, 0.4) is 0 Å². The van der Waals surface area contributed by atoms with E-state index in [1.807, 2.05) is 31.2 Å². The minimum Gasteiger partial charge on any atom is -0.450 e. The van der Waals surface area contributed by atoms with E-state index in [9.17, 15) is 9.59 Å². The summed E-state index contributed by atoms with van der Waals surface area (Å²) in [5.74, 6) is -0.0338. The first-order valence-corrected chi connectivity index (χ1v) is 9.46. The van der Waals surface area contributed by atoms with Crippen LogP contribution in [0.2, 0.25) is 0 Å². The van der Waals surface area contributed by atoms with Crippen LogP contribution in [0.5, 0.6) is 0 Å². The Morgan fingerprint density at radius 2 is 1.89 bits per heavy atom. The Kier molecular flexibility index (Phi) is 4.52. The lowest BCUT2D eigenvalue weighted by Gasteiger charge is -2.24. The molecule has 5 heteroatoms. The summed E-state index contributed by atoms with van der Waals surface area (Å²) in [5, 5.41) is 0.539.